The highest BCUT2D eigenvalue weighted by Crippen LogP contribution is 2.13. The number of rotatable bonds is 4. The Kier molecular flexibility index (Phi) is 3.92. The first-order chi connectivity index (χ1) is 10.7. The molecule has 3 rings (SSSR count). The number of anilines is 1. The van der Waals surface area contributed by atoms with Crippen molar-refractivity contribution in [2.24, 2.45) is 0 Å². The molecule has 0 amide bonds. The first-order valence-corrected chi connectivity index (χ1v) is 7.45. The maximum absolute atomic E-state index is 12.8. The number of fused-ring (bicyclic) bond motifs is 1. The van der Waals surface area contributed by atoms with Gasteiger partial charge in [-0.3, -0.25) is 9.36 Å². The SMILES string of the molecule is CCc1nc2ccccc2c(=O)n1CN(C)c1ccccc1. The molecule has 1 heterocycles. The maximum Gasteiger partial charge on any atom is 0.262 e. The summed E-state index contributed by atoms with van der Waals surface area (Å²) in [4.78, 5) is 19.5. The molecule has 0 atom stereocenters. The van der Waals surface area contributed by atoms with Crippen LogP contribution < -0.4 is 10.5 Å². The van der Waals surface area contributed by atoms with Gasteiger partial charge in [0.2, 0.25) is 0 Å². The molecule has 0 saturated carbocycles. The lowest BCUT2D eigenvalue weighted by molar-refractivity contribution is 0.614. The van der Waals surface area contributed by atoms with Gasteiger partial charge >= 0.3 is 0 Å². The molecule has 4 heteroatoms. The van der Waals surface area contributed by atoms with Crippen molar-refractivity contribution in [1.29, 1.82) is 0 Å². The van der Waals surface area contributed by atoms with E-state index in [0.717, 1.165) is 23.4 Å². The third-order valence-corrected chi connectivity index (χ3v) is 3.81. The summed E-state index contributed by atoms with van der Waals surface area (Å²) >= 11 is 0. The standard InChI is InChI=1S/C18H19N3O/c1-3-17-19-16-12-8-7-11-15(16)18(22)21(17)13-20(2)14-9-5-4-6-10-14/h4-12H,3,13H2,1-2H3. The van der Waals surface area contributed by atoms with E-state index in [-0.39, 0.29) is 5.56 Å². The van der Waals surface area contributed by atoms with Crippen molar-refractivity contribution in [1.82, 2.24) is 9.55 Å². The second kappa shape index (κ2) is 6.02. The second-order valence-corrected chi connectivity index (χ2v) is 5.31. The van der Waals surface area contributed by atoms with Gasteiger partial charge in [-0.05, 0) is 24.3 Å². The summed E-state index contributed by atoms with van der Waals surface area (Å²) in [6, 6.07) is 17.6. The van der Waals surface area contributed by atoms with Gasteiger partial charge in [-0.25, -0.2) is 4.98 Å². The van der Waals surface area contributed by atoms with E-state index in [0.29, 0.717) is 12.1 Å². The highest BCUT2D eigenvalue weighted by Gasteiger charge is 2.11. The van der Waals surface area contributed by atoms with E-state index in [4.69, 9.17) is 0 Å². The Labute approximate surface area is 129 Å². The quantitative estimate of drug-likeness (QED) is 0.742. The molecule has 2 aromatic carbocycles. The number of nitrogens with zero attached hydrogens (tertiary/aromatic N) is 3. The maximum atomic E-state index is 12.8. The molecule has 112 valence electrons. The fourth-order valence-electron chi connectivity index (χ4n) is 2.61. The number of hydrogen-bond donors (Lipinski definition) is 0. The summed E-state index contributed by atoms with van der Waals surface area (Å²) in [6.07, 6.45) is 0.725. The van der Waals surface area contributed by atoms with Crippen LogP contribution in [0, 0.1) is 0 Å². The van der Waals surface area contributed by atoms with Crippen molar-refractivity contribution in [2.45, 2.75) is 20.0 Å². The molecule has 0 fully saturated rings. The summed E-state index contributed by atoms with van der Waals surface area (Å²) in [5.74, 6) is 0.812. The largest absolute Gasteiger partial charge is 0.356 e. The molecule has 0 aliphatic carbocycles. The Morgan fingerprint density at radius 2 is 1.73 bits per heavy atom. The molecule has 0 radical (unpaired) electrons. The van der Waals surface area contributed by atoms with Gasteiger partial charge in [0.15, 0.2) is 0 Å². The van der Waals surface area contributed by atoms with Crippen LogP contribution in [0.25, 0.3) is 10.9 Å². The minimum atomic E-state index is 0.0187. The Balaban J connectivity index is 2.06. The van der Waals surface area contributed by atoms with E-state index in [1.165, 1.54) is 0 Å². The molecule has 3 aromatic rings. The third kappa shape index (κ3) is 2.60. The van der Waals surface area contributed by atoms with Gasteiger partial charge in [-0.1, -0.05) is 37.3 Å². The number of para-hydroxylation sites is 2. The number of hydrogen-bond acceptors (Lipinski definition) is 3. The highest BCUT2D eigenvalue weighted by molar-refractivity contribution is 5.77. The summed E-state index contributed by atoms with van der Waals surface area (Å²) in [5, 5.41) is 0.668. The van der Waals surface area contributed by atoms with Crippen LogP contribution in [0.1, 0.15) is 12.7 Å². The minimum Gasteiger partial charge on any atom is -0.356 e. The summed E-state index contributed by atoms with van der Waals surface area (Å²) in [6.45, 7) is 2.51. The third-order valence-electron chi connectivity index (χ3n) is 3.81. The van der Waals surface area contributed by atoms with Crippen LogP contribution >= 0.6 is 0 Å². The Bertz CT molecular complexity index is 840. The molecular weight excluding hydrogens is 274 g/mol. The molecule has 22 heavy (non-hydrogen) atoms. The van der Waals surface area contributed by atoms with Crippen molar-refractivity contribution in [2.75, 3.05) is 11.9 Å². The minimum absolute atomic E-state index is 0.0187. The second-order valence-electron chi connectivity index (χ2n) is 5.31. The molecule has 0 aliphatic heterocycles. The molecule has 0 unspecified atom stereocenters. The van der Waals surface area contributed by atoms with Gasteiger partial charge in [0.1, 0.15) is 5.82 Å². The van der Waals surface area contributed by atoms with E-state index < -0.39 is 0 Å². The fourth-order valence-corrected chi connectivity index (χ4v) is 2.61. The van der Waals surface area contributed by atoms with E-state index in [2.05, 4.69) is 9.88 Å². The van der Waals surface area contributed by atoms with Gasteiger partial charge in [0.05, 0.1) is 17.6 Å². The normalized spacial score (nSPS) is 10.8. The van der Waals surface area contributed by atoms with E-state index in [9.17, 15) is 4.79 Å². The first-order valence-electron chi connectivity index (χ1n) is 7.45. The zero-order valence-corrected chi connectivity index (χ0v) is 12.9. The lowest BCUT2D eigenvalue weighted by atomic mass is 10.2. The fraction of sp³-hybridized carbons (Fsp3) is 0.222. The van der Waals surface area contributed by atoms with Gasteiger partial charge in [0, 0.05) is 19.2 Å². The number of benzene rings is 2. The highest BCUT2D eigenvalue weighted by atomic mass is 16.1. The van der Waals surface area contributed by atoms with Gasteiger partial charge in [0.25, 0.3) is 5.56 Å². The van der Waals surface area contributed by atoms with Crippen LogP contribution in [0.5, 0.6) is 0 Å². The van der Waals surface area contributed by atoms with Crippen molar-refractivity contribution in [3.63, 3.8) is 0 Å². The van der Waals surface area contributed by atoms with Crippen LogP contribution in [-0.2, 0) is 13.1 Å². The summed E-state index contributed by atoms with van der Waals surface area (Å²) in [7, 11) is 1.98. The van der Waals surface area contributed by atoms with Gasteiger partial charge in [-0.15, -0.1) is 0 Å². The average molecular weight is 293 g/mol. The molecule has 1 aromatic heterocycles. The van der Waals surface area contributed by atoms with Crippen molar-refractivity contribution >= 4 is 16.6 Å². The van der Waals surface area contributed by atoms with Crippen LogP contribution in [0.4, 0.5) is 5.69 Å². The lowest BCUT2D eigenvalue weighted by Crippen LogP contribution is -2.32. The van der Waals surface area contributed by atoms with Crippen molar-refractivity contribution in [3.05, 3.63) is 70.8 Å². The number of aryl methyl sites for hydroxylation is 1. The van der Waals surface area contributed by atoms with Crippen LogP contribution in [0.15, 0.2) is 59.4 Å². The van der Waals surface area contributed by atoms with Crippen molar-refractivity contribution in [3.8, 4) is 0 Å². The average Bonchev–Trinajstić information content (AvgIpc) is 2.58. The molecule has 0 saturated heterocycles. The molecule has 0 bridgehead atoms. The van der Waals surface area contributed by atoms with Crippen LogP contribution in [0.2, 0.25) is 0 Å². The van der Waals surface area contributed by atoms with E-state index in [1.807, 2.05) is 68.6 Å². The molecule has 0 aliphatic rings. The van der Waals surface area contributed by atoms with Gasteiger partial charge < -0.3 is 4.90 Å². The zero-order valence-electron chi connectivity index (χ0n) is 12.9. The molecule has 0 N–H and O–H groups in total. The first kappa shape index (κ1) is 14.3. The molecular formula is C18H19N3O. The monoisotopic (exact) mass is 293 g/mol. The predicted octanol–water partition coefficient (Wildman–Crippen LogP) is 3.05. The molecule has 4 nitrogen and oxygen atoms in total. The Hall–Kier alpha value is -2.62. The van der Waals surface area contributed by atoms with Crippen molar-refractivity contribution < 1.29 is 0 Å². The predicted molar refractivity (Wildman–Crippen MR) is 90.2 cm³/mol. The topological polar surface area (TPSA) is 38.1 Å². The lowest BCUT2D eigenvalue weighted by Gasteiger charge is -2.22. The smallest absolute Gasteiger partial charge is 0.262 e. The van der Waals surface area contributed by atoms with E-state index in [1.54, 1.807) is 4.57 Å². The summed E-state index contributed by atoms with van der Waals surface area (Å²) < 4.78 is 1.76. The zero-order chi connectivity index (χ0) is 15.5. The summed E-state index contributed by atoms with van der Waals surface area (Å²) in [5.41, 5.74) is 1.86. The Morgan fingerprint density at radius 3 is 2.45 bits per heavy atom. The Morgan fingerprint density at radius 1 is 1.05 bits per heavy atom. The molecule has 0 spiro atoms. The number of aromatic nitrogens is 2. The van der Waals surface area contributed by atoms with E-state index >= 15 is 0 Å². The van der Waals surface area contributed by atoms with Gasteiger partial charge in [-0.2, -0.15) is 0 Å². The van der Waals surface area contributed by atoms with Crippen LogP contribution in [-0.4, -0.2) is 16.6 Å². The van der Waals surface area contributed by atoms with Crippen LogP contribution in [0.3, 0.4) is 0 Å².